The van der Waals surface area contributed by atoms with E-state index in [1.54, 1.807) is 43.3 Å². The molecule has 1 amide bonds. The molecule has 2 atom stereocenters. The van der Waals surface area contributed by atoms with E-state index in [4.69, 9.17) is 14.9 Å². The molecule has 4 rings (SSSR count). The molecule has 0 saturated carbocycles. The van der Waals surface area contributed by atoms with Gasteiger partial charge in [0, 0.05) is 5.69 Å². The highest BCUT2D eigenvalue weighted by Crippen LogP contribution is 2.51. The van der Waals surface area contributed by atoms with Gasteiger partial charge in [-0.3, -0.25) is 15.1 Å². The number of carbonyl (C=O) groups is 3. The topological polar surface area (TPSA) is 136 Å². The molecule has 2 aliphatic heterocycles. The number of hydrogen-bond acceptors (Lipinski definition) is 8. The Balaban J connectivity index is 1.97. The fourth-order valence-electron chi connectivity index (χ4n) is 4.70. The molecule has 188 valence electrons. The fraction of sp³-hybridized carbons (Fsp3) is 0.259. The summed E-state index contributed by atoms with van der Waals surface area (Å²) in [5.41, 5.74) is -0.134. The van der Waals surface area contributed by atoms with Crippen molar-refractivity contribution < 1.29 is 23.9 Å². The van der Waals surface area contributed by atoms with E-state index in [2.05, 4.69) is 5.10 Å². The van der Waals surface area contributed by atoms with Crippen LogP contribution in [0.3, 0.4) is 0 Å². The van der Waals surface area contributed by atoms with Crippen LogP contribution >= 0.6 is 0 Å². The molecular weight excluding hydrogens is 474 g/mol. The molecule has 10 heteroatoms. The number of nitrogens with one attached hydrogen (secondary N) is 1. The van der Waals surface area contributed by atoms with Gasteiger partial charge in [-0.2, -0.15) is 10.4 Å². The van der Waals surface area contributed by atoms with Crippen molar-refractivity contribution >= 4 is 40.8 Å². The van der Waals surface area contributed by atoms with Crippen molar-refractivity contribution in [2.75, 3.05) is 24.1 Å². The third-order valence-electron chi connectivity index (χ3n) is 6.53. The van der Waals surface area contributed by atoms with Gasteiger partial charge in [0.05, 0.1) is 37.3 Å². The lowest BCUT2D eigenvalue weighted by atomic mass is 9.68. The van der Waals surface area contributed by atoms with Gasteiger partial charge in [0.1, 0.15) is 17.5 Å². The Morgan fingerprint density at radius 3 is 1.95 bits per heavy atom. The molecule has 0 fully saturated rings. The number of ether oxygens (including phenoxy) is 2. The number of hydrogen-bond donors (Lipinski definition) is 1. The van der Waals surface area contributed by atoms with Crippen molar-refractivity contribution in [1.82, 2.24) is 0 Å². The maximum absolute atomic E-state index is 13.8. The maximum atomic E-state index is 13.8. The smallest absolute Gasteiger partial charge is 0.355 e. The lowest BCUT2D eigenvalue weighted by Gasteiger charge is -2.30. The van der Waals surface area contributed by atoms with Gasteiger partial charge in [-0.25, -0.2) is 14.6 Å². The molecule has 0 bridgehead atoms. The van der Waals surface area contributed by atoms with E-state index >= 15 is 0 Å². The van der Waals surface area contributed by atoms with Crippen LogP contribution in [0.4, 0.5) is 11.4 Å². The molecule has 0 aliphatic carbocycles. The first kappa shape index (κ1) is 25.3. The second-order valence-corrected chi connectivity index (χ2v) is 8.81. The number of methoxy groups -OCH3 is 2. The molecule has 2 unspecified atom stereocenters. The predicted octanol–water partition coefficient (Wildman–Crippen LogP) is 3.25. The average molecular weight is 500 g/mol. The van der Waals surface area contributed by atoms with Gasteiger partial charge in [0.15, 0.2) is 5.41 Å². The Bertz CT molecular complexity index is 1420. The zero-order valence-electron chi connectivity index (χ0n) is 21.0. The quantitative estimate of drug-likeness (QED) is 0.624. The lowest BCUT2D eigenvalue weighted by Crippen LogP contribution is -2.48. The van der Waals surface area contributed by atoms with Crippen molar-refractivity contribution in [2.45, 2.75) is 20.8 Å². The van der Waals surface area contributed by atoms with Gasteiger partial charge in [0.25, 0.3) is 5.91 Å². The van der Waals surface area contributed by atoms with Crippen molar-refractivity contribution in [3.63, 3.8) is 0 Å². The highest BCUT2D eigenvalue weighted by atomic mass is 16.5. The van der Waals surface area contributed by atoms with Crippen molar-refractivity contribution in [1.29, 1.82) is 10.7 Å². The summed E-state index contributed by atoms with van der Waals surface area (Å²) in [5.74, 6) is -4.45. The van der Waals surface area contributed by atoms with E-state index in [1.807, 2.05) is 32.0 Å². The third kappa shape index (κ3) is 3.76. The molecule has 2 aromatic carbocycles. The van der Waals surface area contributed by atoms with Gasteiger partial charge >= 0.3 is 11.9 Å². The van der Waals surface area contributed by atoms with E-state index in [9.17, 15) is 19.6 Å². The summed E-state index contributed by atoms with van der Waals surface area (Å²) < 4.78 is 9.94. The second-order valence-electron chi connectivity index (χ2n) is 8.81. The number of anilines is 2. The van der Waals surface area contributed by atoms with Crippen LogP contribution in [0, 0.1) is 41.9 Å². The largest absolute Gasteiger partial charge is 0.466 e. The summed E-state index contributed by atoms with van der Waals surface area (Å²) in [4.78, 5) is 41.3. The summed E-state index contributed by atoms with van der Waals surface area (Å²) in [6.45, 7) is 5.32. The standard InChI is InChI=1S/C27H25N5O5/c1-15-6-10-18(11-7-15)31-22(25(35)37-5)21(24(34)36-4)27(14-28,26(31)29)20-17(3)30-32(23(20)33)19-12-8-16(2)9-13-19/h6-13,20,29H,1-5H3. The van der Waals surface area contributed by atoms with Gasteiger partial charge in [-0.1, -0.05) is 35.4 Å². The van der Waals surface area contributed by atoms with Gasteiger partial charge in [-0.15, -0.1) is 0 Å². The Kier molecular flexibility index (Phi) is 6.40. The Morgan fingerprint density at radius 1 is 0.946 bits per heavy atom. The molecule has 2 heterocycles. The molecule has 2 aliphatic rings. The van der Waals surface area contributed by atoms with Crippen molar-refractivity contribution in [3.05, 3.63) is 70.9 Å². The van der Waals surface area contributed by atoms with E-state index < -0.39 is 40.6 Å². The van der Waals surface area contributed by atoms with Gasteiger partial charge < -0.3 is 9.47 Å². The Labute approximate surface area is 213 Å². The van der Waals surface area contributed by atoms with Crippen LogP contribution in [0.15, 0.2) is 64.9 Å². The second kappa shape index (κ2) is 9.35. The minimum atomic E-state index is -2.22. The summed E-state index contributed by atoms with van der Waals surface area (Å²) in [7, 11) is 2.22. The number of nitriles is 1. The van der Waals surface area contributed by atoms with Gasteiger partial charge in [-0.05, 0) is 45.0 Å². The Morgan fingerprint density at radius 2 is 1.46 bits per heavy atom. The number of rotatable bonds is 5. The van der Waals surface area contributed by atoms with Crippen LogP contribution in [0.1, 0.15) is 18.1 Å². The maximum Gasteiger partial charge on any atom is 0.355 e. The minimum absolute atomic E-state index is 0.202. The van der Waals surface area contributed by atoms with Crippen LogP contribution in [0.2, 0.25) is 0 Å². The molecule has 1 N–H and O–H groups in total. The first-order chi connectivity index (χ1) is 17.6. The molecule has 0 spiro atoms. The fourth-order valence-corrected chi connectivity index (χ4v) is 4.70. The Hall–Kier alpha value is -4.78. The number of nitrogens with zero attached hydrogens (tertiary/aromatic N) is 4. The molecule has 2 aromatic rings. The van der Waals surface area contributed by atoms with Crippen LogP contribution < -0.4 is 9.91 Å². The van der Waals surface area contributed by atoms with E-state index in [0.717, 1.165) is 35.3 Å². The predicted molar refractivity (Wildman–Crippen MR) is 136 cm³/mol. The summed E-state index contributed by atoms with van der Waals surface area (Å²) in [5, 5.41) is 25.3. The number of carbonyl (C=O) groups excluding carboxylic acids is 3. The zero-order chi connectivity index (χ0) is 27.1. The first-order valence-electron chi connectivity index (χ1n) is 11.4. The summed E-state index contributed by atoms with van der Waals surface area (Å²) in [6, 6.07) is 15.9. The van der Waals surface area contributed by atoms with Crippen LogP contribution in [-0.2, 0) is 23.9 Å². The summed E-state index contributed by atoms with van der Waals surface area (Å²) in [6.07, 6.45) is 0. The van der Waals surface area contributed by atoms with Crippen molar-refractivity contribution in [2.24, 2.45) is 16.4 Å². The average Bonchev–Trinajstić information content (AvgIpc) is 3.34. The number of amides is 1. The van der Waals surface area contributed by atoms with E-state index in [1.165, 1.54) is 0 Å². The van der Waals surface area contributed by atoms with Gasteiger partial charge in [0.2, 0.25) is 0 Å². The molecule has 0 aromatic heterocycles. The number of esters is 2. The molecule has 10 nitrogen and oxygen atoms in total. The normalized spacial score (nSPS) is 21.2. The number of benzene rings is 2. The molecule has 37 heavy (non-hydrogen) atoms. The minimum Gasteiger partial charge on any atom is -0.466 e. The summed E-state index contributed by atoms with van der Waals surface area (Å²) >= 11 is 0. The first-order valence-corrected chi connectivity index (χ1v) is 11.4. The zero-order valence-corrected chi connectivity index (χ0v) is 21.0. The van der Waals surface area contributed by atoms with E-state index in [-0.39, 0.29) is 11.4 Å². The molecular formula is C27H25N5O5. The number of amidine groups is 1. The van der Waals surface area contributed by atoms with Crippen LogP contribution in [0.5, 0.6) is 0 Å². The highest BCUT2D eigenvalue weighted by molar-refractivity contribution is 6.28. The lowest BCUT2D eigenvalue weighted by molar-refractivity contribution is -0.139. The number of aryl methyl sites for hydroxylation is 2. The SMILES string of the molecule is COC(=O)C1=C(C(=O)OC)C(C#N)(C2C(=O)N(c3ccc(C)cc3)N=C2C)C(=N)N1c1ccc(C)cc1. The molecule has 0 saturated heterocycles. The number of hydrazone groups is 1. The van der Waals surface area contributed by atoms with Crippen molar-refractivity contribution in [3.8, 4) is 6.07 Å². The van der Waals surface area contributed by atoms with Crippen LogP contribution in [-0.4, -0.2) is 43.6 Å². The highest BCUT2D eigenvalue weighted by Gasteiger charge is 2.65. The van der Waals surface area contributed by atoms with Crippen LogP contribution in [0.25, 0.3) is 0 Å². The third-order valence-corrected chi connectivity index (χ3v) is 6.53. The van der Waals surface area contributed by atoms with E-state index in [0.29, 0.717) is 11.4 Å². The molecule has 0 radical (unpaired) electrons. The monoisotopic (exact) mass is 499 g/mol.